The molecule has 0 spiro atoms. The average Bonchev–Trinajstić information content (AvgIpc) is 2.42. The summed E-state index contributed by atoms with van der Waals surface area (Å²) in [6.45, 7) is 4.59. The Balaban J connectivity index is 2.35. The summed E-state index contributed by atoms with van der Waals surface area (Å²) in [4.78, 5) is 4.51. The standard InChI is InChI=1S/C16H15BrClNO/c1-3-20-16-7-5-13(17)8-12(16)10-19-15-9-14(18)6-4-11(15)2/h4-10H,3H2,1-2H3. The molecule has 0 radical (unpaired) electrons. The van der Waals surface area contributed by atoms with E-state index < -0.39 is 0 Å². The predicted octanol–water partition coefficient (Wildman–Crippen LogP) is 5.56. The Morgan fingerprint density at radius 2 is 2.05 bits per heavy atom. The topological polar surface area (TPSA) is 21.6 Å². The van der Waals surface area contributed by atoms with E-state index in [0.29, 0.717) is 11.6 Å². The molecular weight excluding hydrogens is 338 g/mol. The van der Waals surface area contributed by atoms with Gasteiger partial charge in [0.15, 0.2) is 0 Å². The highest BCUT2D eigenvalue weighted by Gasteiger charge is 2.03. The van der Waals surface area contributed by atoms with Crippen LogP contribution in [0.4, 0.5) is 5.69 Å². The highest BCUT2D eigenvalue weighted by Crippen LogP contribution is 2.25. The van der Waals surface area contributed by atoms with Crippen LogP contribution < -0.4 is 4.74 Å². The molecule has 0 aliphatic carbocycles. The molecule has 0 unspecified atom stereocenters. The van der Waals surface area contributed by atoms with Gasteiger partial charge in [0.1, 0.15) is 5.75 Å². The number of benzene rings is 2. The molecular formula is C16H15BrClNO. The van der Waals surface area contributed by atoms with Gasteiger partial charge in [0.25, 0.3) is 0 Å². The molecule has 0 N–H and O–H groups in total. The summed E-state index contributed by atoms with van der Waals surface area (Å²) in [5.74, 6) is 0.819. The van der Waals surface area contributed by atoms with Crippen molar-refractivity contribution in [1.82, 2.24) is 0 Å². The molecule has 4 heteroatoms. The van der Waals surface area contributed by atoms with Crippen LogP contribution in [0.2, 0.25) is 5.02 Å². The highest BCUT2D eigenvalue weighted by atomic mass is 79.9. The number of aliphatic imine (C=N–C) groups is 1. The number of halogens is 2. The van der Waals surface area contributed by atoms with E-state index in [2.05, 4.69) is 20.9 Å². The van der Waals surface area contributed by atoms with Gasteiger partial charge in [-0.05, 0) is 49.7 Å². The molecule has 2 aromatic carbocycles. The molecule has 20 heavy (non-hydrogen) atoms. The van der Waals surface area contributed by atoms with Crippen molar-refractivity contribution in [1.29, 1.82) is 0 Å². The Labute approximate surface area is 132 Å². The predicted molar refractivity (Wildman–Crippen MR) is 88.8 cm³/mol. The Bertz CT molecular complexity index is 640. The molecule has 0 amide bonds. The van der Waals surface area contributed by atoms with Crippen molar-refractivity contribution in [3.05, 3.63) is 57.0 Å². The zero-order chi connectivity index (χ0) is 14.5. The van der Waals surface area contributed by atoms with Gasteiger partial charge in [-0.2, -0.15) is 0 Å². The van der Waals surface area contributed by atoms with Crippen LogP contribution in [-0.4, -0.2) is 12.8 Å². The lowest BCUT2D eigenvalue weighted by Crippen LogP contribution is -1.96. The Morgan fingerprint density at radius 1 is 1.25 bits per heavy atom. The van der Waals surface area contributed by atoms with Crippen LogP contribution in [0.25, 0.3) is 0 Å². The van der Waals surface area contributed by atoms with E-state index in [1.54, 1.807) is 6.21 Å². The van der Waals surface area contributed by atoms with Crippen molar-refractivity contribution in [3.63, 3.8) is 0 Å². The minimum atomic E-state index is 0.624. The SMILES string of the molecule is CCOc1ccc(Br)cc1C=Nc1cc(Cl)ccc1C. The normalized spacial score (nSPS) is 11.0. The minimum Gasteiger partial charge on any atom is -0.493 e. The van der Waals surface area contributed by atoms with E-state index in [4.69, 9.17) is 16.3 Å². The second kappa shape index (κ2) is 6.91. The van der Waals surface area contributed by atoms with Crippen LogP contribution in [0.5, 0.6) is 5.75 Å². The molecule has 0 saturated carbocycles. The van der Waals surface area contributed by atoms with Crippen LogP contribution in [0.3, 0.4) is 0 Å². The Kier molecular flexibility index (Phi) is 5.21. The third kappa shape index (κ3) is 3.84. The van der Waals surface area contributed by atoms with Crippen LogP contribution in [0, 0.1) is 6.92 Å². The molecule has 0 heterocycles. The Hall–Kier alpha value is -1.32. The smallest absolute Gasteiger partial charge is 0.128 e. The van der Waals surface area contributed by atoms with Crippen molar-refractivity contribution in [2.45, 2.75) is 13.8 Å². The van der Waals surface area contributed by atoms with Crippen LogP contribution in [0.1, 0.15) is 18.1 Å². The van der Waals surface area contributed by atoms with Gasteiger partial charge in [0, 0.05) is 21.3 Å². The van der Waals surface area contributed by atoms with Crippen molar-refractivity contribution in [2.75, 3.05) is 6.61 Å². The van der Waals surface area contributed by atoms with E-state index in [0.717, 1.165) is 27.0 Å². The molecule has 2 aromatic rings. The maximum absolute atomic E-state index is 6.00. The lowest BCUT2D eigenvalue weighted by atomic mass is 10.2. The van der Waals surface area contributed by atoms with Crippen LogP contribution >= 0.6 is 27.5 Å². The second-order valence-electron chi connectivity index (χ2n) is 4.30. The van der Waals surface area contributed by atoms with Crippen LogP contribution in [-0.2, 0) is 0 Å². The number of hydrogen-bond donors (Lipinski definition) is 0. The number of hydrogen-bond acceptors (Lipinski definition) is 2. The number of aryl methyl sites for hydroxylation is 1. The fourth-order valence-corrected chi connectivity index (χ4v) is 2.31. The first-order valence-corrected chi connectivity index (χ1v) is 7.50. The lowest BCUT2D eigenvalue weighted by Gasteiger charge is -2.07. The van der Waals surface area contributed by atoms with Gasteiger partial charge in [0.05, 0.1) is 12.3 Å². The van der Waals surface area contributed by atoms with Gasteiger partial charge in [-0.3, -0.25) is 4.99 Å². The summed E-state index contributed by atoms with van der Waals surface area (Å²) in [7, 11) is 0. The largest absolute Gasteiger partial charge is 0.493 e. The zero-order valence-electron chi connectivity index (χ0n) is 11.4. The van der Waals surface area contributed by atoms with Gasteiger partial charge < -0.3 is 4.74 Å². The zero-order valence-corrected chi connectivity index (χ0v) is 13.7. The number of rotatable bonds is 4. The second-order valence-corrected chi connectivity index (χ2v) is 5.66. The summed E-state index contributed by atoms with van der Waals surface area (Å²) in [6.07, 6.45) is 1.80. The maximum Gasteiger partial charge on any atom is 0.128 e. The van der Waals surface area contributed by atoms with Crippen molar-refractivity contribution in [3.8, 4) is 5.75 Å². The molecule has 0 aliphatic rings. The van der Waals surface area contributed by atoms with Gasteiger partial charge in [-0.15, -0.1) is 0 Å². The summed E-state index contributed by atoms with van der Waals surface area (Å²) >= 11 is 9.46. The first-order chi connectivity index (χ1) is 9.60. The van der Waals surface area contributed by atoms with Gasteiger partial charge in [0.2, 0.25) is 0 Å². The minimum absolute atomic E-state index is 0.624. The molecule has 0 saturated heterocycles. The molecule has 0 aliphatic heterocycles. The van der Waals surface area contributed by atoms with E-state index >= 15 is 0 Å². The molecule has 2 nitrogen and oxygen atoms in total. The average molecular weight is 353 g/mol. The van der Waals surface area contributed by atoms with Crippen molar-refractivity contribution >= 4 is 39.4 Å². The number of ether oxygens (including phenoxy) is 1. The fraction of sp³-hybridized carbons (Fsp3) is 0.188. The Morgan fingerprint density at radius 3 is 2.80 bits per heavy atom. The number of nitrogens with zero attached hydrogens (tertiary/aromatic N) is 1. The quantitative estimate of drug-likeness (QED) is 0.660. The van der Waals surface area contributed by atoms with E-state index in [9.17, 15) is 0 Å². The first kappa shape index (κ1) is 15.1. The van der Waals surface area contributed by atoms with Gasteiger partial charge in [-0.25, -0.2) is 0 Å². The summed E-state index contributed by atoms with van der Waals surface area (Å²) in [5.41, 5.74) is 2.87. The van der Waals surface area contributed by atoms with Gasteiger partial charge in [-0.1, -0.05) is 33.6 Å². The highest BCUT2D eigenvalue weighted by molar-refractivity contribution is 9.10. The van der Waals surface area contributed by atoms with Gasteiger partial charge >= 0.3 is 0 Å². The van der Waals surface area contributed by atoms with E-state index in [1.165, 1.54) is 0 Å². The summed E-state index contributed by atoms with van der Waals surface area (Å²) in [6, 6.07) is 11.5. The lowest BCUT2D eigenvalue weighted by molar-refractivity contribution is 0.339. The van der Waals surface area contributed by atoms with E-state index in [1.807, 2.05) is 50.2 Å². The molecule has 2 rings (SSSR count). The molecule has 0 fully saturated rings. The molecule has 0 bridgehead atoms. The third-order valence-corrected chi connectivity index (χ3v) is 3.51. The van der Waals surface area contributed by atoms with Crippen molar-refractivity contribution in [2.24, 2.45) is 4.99 Å². The fourth-order valence-electron chi connectivity index (χ4n) is 1.77. The van der Waals surface area contributed by atoms with E-state index in [-0.39, 0.29) is 0 Å². The molecule has 0 atom stereocenters. The molecule has 104 valence electrons. The third-order valence-electron chi connectivity index (χ3n) is 2.79. The van der Waals surface area contributed by atoms with Crippen LogP contribution in [0.15, 0.2) is 45.9 Å². The summed E-state index contributed by atoms with van der Waals surface area (Å²) < 4.78 is 6.59. The first-order valence-electron chi connectivity index (χ1n) is 6.32. The van der Waals surface area contributed by atoms with Crippen molar-refractivity contribution < 1.29 is 4.74 Å². The monoisotopic (exact) mass is 351 g/mol. The molecule has 0 aromatic heterocycles. The maximum atomic E-state index is 6.00. The summed E-state index contributed by atoms with van der Waals surface area (Å²) in [5, 5.41) is 0.682.